The smallest absolute Gasteiger partial charge is 0.320 e. The van der Waals surface area contributed by atoms with Crippen molar-refractivity contribution in [1.29, 1.82) is 0 Å². The molecule has 13 heavy (non-hydrogen) atoms. The second-order valence-corrected chi connectivity index (χ2v) is 3.04. The Morgan fingerprint density at radius 3 is 2.92 bits per heavy atom. The number of hydrogen-bond acceptors (Lipinski definition) is 2. The highest BCUT2D eigenvalue weighted by atomic mass is 79.9. The summed E-state index contributed by atoms with van der Waals surface area (Å²) in [6.07, 6.45) is 1.28. The van der Waals surface area contributed by atoms with Crippen molar-refractivity contribution in [2.45, 2.75) is 0 Å². The van der Waals surface area contributed by atoms with Crippen molar-refractivity contribution >= 4 is 27.8 Å². The van der Waals surface area contributed by atoms with Crippen LogP contribution in [0.15, 0.2) is 16.7 Å². The van der Waals surface area contributed by atoms with Crippen molar-refractivity contribution in [3.05, 3.63) is 22.6 Å². The summed E-state index contributed by atoms with van der Waals surface area (Å²) in [6, 6.07) is 0.688. The molecule has 2 N–H and O–H groups in total. The maximum absolute atomic E-state index is 12.9. The molecule has 0 unspecified atom stereocenters. The molecule has 70 valence electrons. The molecular formula is C7H7BrFN3O. The van der Waals surface area contributed by atoms with Gasteiger partial charge in [0.2, 0.25) is 0 Å². The standard InChI is InChI=1S/C7H7BrFN3O/c1-10-7(13)12-6-2-5(9)4(8)3-11-6/h2-3H,1H3,(H2,10,11,12,13). The fraction of sp³-hybridized carbons (Fsp3) is 0.143. The van der Waals surface area contributed by atoms with Gasteiger partial charge < -0.3 is 5.32 Å². The quantitative estimate of drug-likeness (QED) is 0.795. The maximum atomic E-state index is 12.9. The van der Waals surface area contributed by atoms with Gasteiger partial charge in [0, 0.05) is 19.3 Å². The van der Waals surface area contributed by atoms with Gasteiger partial charge >= 0.3 is 6.03 Å². The van der Waals surface area contributed by atoms with Crippen LogP contribution in [0.3, 0.4) is 0 Å². The normalized spacial score (nSPS) is 9.46. The van der Waals surface area contributed by atoms with E-state index in [1.807, 2.05) is 0 Å². The number of anilines is 1. The van der Waals surface area contributed by atoms with Crippen molar-refractivity contribution in [2.24, 2.45) is 0 Å². The third-order valence-electron chi connectivity index (χ3n) is 1.28. The van der Waals surface area contributed by atoms with Crippen LogP contribution >= 0.6 is 15.9 Å². The molecule has 1 rings (SSSR count). The molecule has 0 atom stereocenters. The fourth-order valence-electron chi connectivity index (χ4n) is 0.661. The van der Waals surface area contributed by atoms with E-state index in [0.29, 0.717) is 0 Å². The number of hydrogen-bond donors (Lipinski definition) is 2. The predicted octanol–water partition coefficient (Wildman–Crippen LogP) is 1.73. The van der Waals surface area contributed by atoms with Crippen LogP contribution in [0.25, 0.3) is 0 Å². The summed E-state index contributed by atoms with van der Waals surface area (Å²) in [7, 11) is 1.46. The fourth-order valence-corrected chi connectivity index (χ4v) is 0.878. The minimum atomic E-state index is -0.471. The summed E-state index contributed by atoms with van der Waals surface area (Å²) in [5, 5.41) is 4.66. The summed E-state index contributed by atoms with van der Waals surface area (Å²) in [5.74, 6) is -0.304. The van der Waals surface area contributed by atoms with Crippen LogP contribution in [-0.2, 0) is 0 Å². The topological polar surface area (TPSA) is 54.0 Å². The Hall–Kier alpha value is -1.17. The summed E-state index contributed by atoms with van der Waals surface area (Å²) in [6.45, 7) is 0. The number of amides is 2. The molecule has 4 nitrogen and oxygen atoms in total. The zero-order chi connectivity index (χ0) is 9.84. The SMILES string of the molecule is CNC(=O)Nc1cc(F)c(Br)cn1. The Kier molecular flexibility index (Phi) is 3.18. The third kappa shape index (κ3) is 2.66. The zero-order valence-electron chi connectivity index (χ0n) is 6.77. The Balaban J connectivity index is 2.79. The molecule has 0 aliphatic rings. The van der Waals surface area contributed by atoms with Crippen molar-refractivity contribution < 1.29 is 9.18 Å². The van der Waals surface area contributed by atoms with E-state index in [1.54, 1.807) is 0 Å². The van der Waals surface area contributed by atoms with Gasteiger partial charge in [-0.05, 0) is 15.9 Å². The van der Waals surface area contributed by atoms with E-state index in [9.17, 15) is 9.18 Å². The minimum Gasteiger partial charge on any atom is -0.341 e. The molecule has 0 aliphatic carbocycles. The number of urea groups is 1. The molecule has 0 saturated carbocycles. The van der Waals surface area contributed by atoms with Crippen LogP contribution in [0.5, 0.6) is 0 Å². The monoisotopic (exact) mass is 247 g/mol. The number of nitrogens with one attached hydrogen (secondary N) is 2. The first-order valence-corrected chi connectivity index (χ1v) is 4.22. The van der Waals surface area contributed by atoms with Gasteiger partial charge in [0.05, 0.1) is 4.47 Å². The average molecular weight is 248 g/mol. The summed E-state index contributed by atoms with van der Waals surface area (Å²) < 4.78 is 13.1. The van der Waals surface area contributed by atoms with E-state index >= 15 is 0 Å². The molecule has 1 aromatic heterocycles. The average Bonchev–Trinajstić information content (AvgIpc) is 2.11. The molecular weight excluding hydrogens is 241 g/mol. The highest BCUT2D eigenvalue weighted by molar-refractivity contribution is 9.10. The van der Waals surface area contributed by atoms with Crippen LogP contribution in [0.1, 0.15) is 0 Å². The molecule has 0 aromatic carbocycles. The summed E-state index contributed by atoms with van der Waals surface area (Å²) >= 11 is 2.95. The van der Waals surface area contributed by atoms with Crippen molar-refractivity contribution in [1.82, 2.24) is 10.3 Å². The van der Waals surface area contributed by atoms with Gasteiger partial charge in [-0.1, -0.05) is 0 Å². The van der Waals surface area contributed by atoms with Crippen LogP contribution in [-0.4, -0.2) is 18.1 Å². The van der Waals surface area contributed by atoms with Gasteiger partial charge in [-0.25, -0.2) is 14.2 Å². The highest BCUT2D eigenvalue weighted by Crippen LogP contribution is 2.16. The van der Waals surface area contributed by atoms with Crippen molar-refractivity contribution in [3.8, 4) is 0 Å². The first-order valence-electron chi connectivity index (χ1n) is 3.43. The van der Waals surface area contributed by atoms with E-state index in [-0.39, 0.29) is 10.3 Å². The Labute approximate surface area is 82.7 Å². The summed E-state index contributed by atoms with van der Waals surface area (Å²) in [4.78, 5) is 14.5. The van der Waals surface area contributed by atoms with Gasteiger partial charge in [-0.3, -0.25) is 5.32 Å². The van der Waals surface area contributed by atoms with Gasteiger partial charge in [0.15, 0.2) is 0 Å². The van der Waals surface area contributed by atoms with Crippen LogP contribution < -0.4 is 10.6 Å². The molecule has 0 bridgehead atoms. The lowest BCUT2D eigenvalue weighted by Gasteiger charge is -2.03. The van der Waals surface area contributed by atoms with Gasteiger partial charge in [-0.2, -0.15) is 0 Å². The number of nitrogens with zero attached hydrogens (tertiary/aromatic N) is 1. The number of halogens is 2. The van der Waals surface area contributed by atoms with E-state index in [4.69, 9.17) is 0 Å². The largest absolute Gasteiger partial charge is 0.341 e. The molecule has 0 radical (unpaired) electrons. The van der Waals surface area contributed by atoms with Crippen molar-refractivity contribution in [2.75, 3.05) is 12.4 Å². The minimum absolute atomic E-state index is 0.167. The van der Waals surface area contributed by atoms with E-state index in [0.717, 1.165) is 6.07 Å². The molecule has 0 aliphatic heterocycles. The number of aromatic nitrogens is 1. The maximum Gasteiger partial charge on any atom is 0.320 e. The Bertz CT molecular complexity index is 332. The Morgan fingerprint density at radius 2 is 2.38 bits per heavy atom. The lowest BCUT2D eigenvalue weighted by Crippen LogP contribution is -2.24. The second-order valence-electron chi connectivity index (χ2n) is 2.19. The van der Waals surface area contributed by atoms with E-state index < -0.39 is 11.8 Å². The molecule has 1 aromatic rings. The molecule has 0 saturated heterocycles. The molecule has 2 amide bonds. The van der Waals surface area contributed by atoms with Gasteiger partial charge in [0.25, 0.3) is 0 Å². The molecule has 1 heterocycles. The van der Waals surface area contributed by atoms with Crippen LogP contribution in [0, 0.1) is 5.82 Å². The van der Waals surface area contributed by atoms with Crippen molar-refractivity contribution in [3.63, 3.8) is 0 Å². The number of rotatable bonds is 1. The van der Waals surface area contributed by atoms with E-state index in [1.165, 1.54) is 13.2 Å². The third-order valence-corrected chi connectivity index (χ3v) is 1.86. The Morgan fingerprint density at radius 1 is 1.69 bits per heavy atom. The van der Waals surface area contributed by atoms with Crippen LogP contribution in [0.2, 0.25) is 0 Å². The predicted molar refractivity (Wildman–Crippen MR) is 50.0 cm³/mol. The van der Waals surface area contributed by atoms with Gasteiger partial charge in [0.1, 0.15) is 11.6 Å². The number of carbonyl (C=O) groups excluding carboxylic acids is 1. The first-order chi connectivity index (χ1) is 6.13. The lowest BCUT2D eigenvalue weighted by molar-refractivity contribution is 0.254. The van der Waals surface area contributed by atoms with Gasteiger partial charge in [-0.15, -0.1) is 0 Å². The molecule has 0 spiro atoms. The second kappa shape index (κ2) is 4.18. The number of pyridine rings is 1. The lowest BCUT2D eigenvalue weighted by atomic mass is 10.4. The molecule has 6 heteroatoms. The van der Waals surface area contributed by atoms with Crippen LogP contribution in [0.4, 0.5) is 15.0 Å². The highest BCUT2D eigenvalue weighted by Gasteiger charge is 2.03. The first kappa shape index (κ1) is 9.91. The van der Waals surface area contributed by atoms with E-state index in [2.05, 4.69) is 31.5 Å². The molecule has 0 fully saturated rings. The number of carbonyl (C=O) groups is 1. The summed E-state index contributed by atoms with van der Waals surface area (Å²) in [5.41, 5.74) is 0. The zero-order valence-corrected chi connectivity index (χ0v) is 8.35.